The molecule has 0 aromatic carbocycles. The van der Waals surface area contributed by atoms with E-state index in [1.807, 2.05) is 13.0 Å². The van der Waals surface area contributed by atoms with Crippen LogP contribution in [0.5, 0.6) is 0 Å². The van der Waals surface area contributed by atoms with Gasteiger partial charge in [0.25, 0.3) is 5.56 Å². The first kappa shape index (κ1) is 12.8. The lowest BCUT2D eigenvalue weighted by atomic mass is 10.1. The first-order valence-electron chi connectivity index (χ1n) is 6.21. The molecule has 18 heavy (non-hydrogen) atoms. The van der Waals surface area contributed by atoms with Gasteiger partial charge in [-0.25, -0.2) is 0 Å². The first-order chi connectivity index (χ1) is 8.43. The molecule has 0 spiro atoms. The molecule has 2 heterocycles. The average molecular weight is 246 g/mol. The van der Waals surface area contributed by atoms with Gasteiger partial charge < -0.3 is 9.30 Å². The third kappa shape index (κ3) is 2.46. The molecule has 1 aliphatic heterocycles. The van der Waals surface area contributed by atoms with E-state index in [-0.39, 0.29) is 22.8 Å². The zero-order valence-corrected chi connectivity index (χ0v) is 11.1. The zero-order valence-electron chi connectivity index (χ0n) is 11.1. The van der Waals surface area contributed by atoms with Crippen molar-refractivity contribution in [1.29, 1.82) is 5.26 Å². The van der Waals surface area contributed by atoms with Crippen molar-refractivity contribution in [1.82, 2.24) is 4.57 Å². The van der Waals surface area contributed by atoms with Crippen molar-refractivity contribution >= 4 is 0 Å². The third-order valence-corrected chi connectivity index (χ3v) is 3.45. The fraction of sp³-hybridized carbons (Fsp3) is 0.571. The highest BCUT2D eigenvalue weighted by Crippen LogP contribution is 2.30. The van der Waals surface area contributed by atoms with Crippen molar-refractivity contribution in [2.24, 2.45) is 0 Å². The van der Waals surface area contributed by atoms with Crippen LogP contribution in [-0.4, -0.2) is 16.3 Å². The Morgan fingerprint density at radius 3 is 2.83 bits per heavy atom. The Morgan fingerprint density at radius 1 is 1.56 bits per heavy atom. The van der Waals surface area contributed by atoms with E-state index in [1.54, 1.807) is 16.7 Å². The Kier molecular flexibility index (Phi) is 3.27. The molecule has 0 N–H and O–H groups in total. The average Bonchev–Trinajstić information content (AvgIpc) is 2.64. The Labute approximate surface area is 107 Å². The monoisotopic (exact) mass is 246 g/mol. The SMILES string of the molecule is Cc1ccc(C#N)c(=O)n1CC1CCC(C)(C)O1. The van der Waals surface area contributed by atoms with Crippen molar-refractivity contribution in [2.75, 3.05) is 0 Å². The minimum atomic E-state index is -0.217. The number of aryl methyl sites for hydroxylation is 1. The highest BCUT2D eigenvalue weighted by Gasteiger charge is 2.32. The number of nitrogens with zero attached hydrogens (tertiary/aromatic N) is 2. The maximum Gasteiger partial charge on any atom is 0.268 e. The first-order valence-corrected chi connectivity index (χ1v) is 6.21. The smallest absolute Gasteiger partial charge is 0.268 e. The van der Waals surface area contributed by atoms with E-state index in [0.29, 0.717) is 6.54 Å². The molecule has 0 aliphatic carbocycles. The fourth-order valence-corrected chi connectivity index (χ4v) is 2.39. The molecule has 0 amide bonds. The van der Waals surface area contributed by atoms with Crippen LogP contribution in [0.1, 0.15) is 37.9 Å². The van der Waals surface area contributed by atoms with Crippen LogP contribution in [0.2, 0.25) is 0 Å². The second-order valence-electron chi connectivity index (χ2n) is 5.45. The van der Waals surface area contributed by atoms with Gasteiger partial charge in [-0.2, -0.15) is 5.26 Å². The van der Waals surface area contributed by atoms with Gasteiger partial charge in [0.05, 0.1) is 18.2 Å². The van der Waals surface area contributed by atoms with Crippen LogP contribution in [-0.2, 0) is 11.3 Å². The van der Waals surface area contributed by atoms with Gasteiger partial charge in [-0.05, 0) is 45.7 Å². The highest BCUT2D eigenvalue weighted by atomic mass is 16.5. The van der Waals surface area contributed by atoms with Crippen molar-refractivity contribution in [3.63, 3.8) is 0 Å². The van der Waals surface area contributed by atoms with Crippen LogP contribution in [0.25, 0.3) is 0 Å². The number of hydrogen-bond donors (Lipinski definition) is 0. The van der Waals surface area contributed by atoms with Gasteiger partial charge in [0, 0.05) is 5.69 Å². The van der Waals surface area contributed by atoms with Crippen LogP contribution < -0.4 is 5.56 Å². The molecule has 1 unspecified atom stereocenters. The molecule has 0 saturated carbocycles. The predicted octanol–water partition coefficient (Wildman–Crippen LogP) is 1.99. The summed E-state index contributed by atoms with van der Waals surface area (Å²) in [6.07, 6.45) is 2.02. The van der Waals surface area contributed by atoms with Gasteiger partial charge in [0.1, 0.15) is 11.6 Å². The maximum absolute atomic E-state index is 12.1. The molecule has 1 fully saturated rings. The largest absolute Gasteiger partial charge is 0.370 e. The number of hydrogen-bond acceptors (Lipinski definition) is 3. The number of rotatable bonds is 2. The number of ether oxygens (including phenoxy) is 1. The van der Waals surface area contributed by atoms with E-state index >= 15 is 0 Å². The second kappa shape index (κ2) is 4.58. The molecule has 4 heteroatoms. The lowest BCUT2D eigenvalue weighted by Crippen LogP contribution is -2.31. The van der Waals surface area contributed by atoms with Crippen molar-refractivity contribution in [3.8, 4) is 6.07 Å². The predicted molar refractivity (Wildman–Crippen MR) is 68.3 cm³/mol. The number of pyridine rings is 1. The van der Waals surface area contributed by atoms with Gasteiger partial charge in [-0.3, -0.25) is 4.79 Å². The van der Waals surface area contributed by atoms with Crippen LogP contribution in [0, 0.1) is 18.3 Å². The number of nitriles is 1. The maximum atomic E-state index is 12.1. The molecule has 1 saturated heterocycles. The minimum Gasteiger partial charge on any atom is -0.370 e. The molecular weight excluding hydrogens is 228 g/mol. The van der Waals surface area contributed by atoms with Crippen molar-refractivity contribution in [3.05, 3.63) is 33.7 Å². The van der Waals surface area contributed by atoms with E-state index in [1.165, 1.54) is 0 Å². The van der Waals surface area contributed by atoms with Crippen LogP contribution in [0.15, 0.2) is 16.9 Å². The summed E-state index contributed by atoms with van der Waals surface area (Å²) in [4.78, 5) is 12.1. The van der Waals surface area contributed by atoms with E-state index in [4.69, 9.17) is 10.00 Å². The second-order valence-corrected chi connectivity index (χ2v) is 5.45. The van der Waals surface area contributed by atoms with Gasteiger partial charge in [0.2, 0.25) is 0 Å². The summed E-state index contributed by atoms with van der Waals surface area (Å²) in [5, 5.41) is 8.88. The molecule has 4 nitrogen and oxygen atoms in total. The fourth-order valence-electron chi connectivity index (χ4n) is 2.39. The van der Waals surface area contributed by atoms with Crippen LogP contribution in [0.4, 0.5) is 0 Å². The van der Waals surface area contributed by atoms with E-state index in [0.717, 1.165) is 18.5 Å². The van der Waals surface area contributed by atoms with E-state index < -0.39 is 0 Å². The molecule has 0 bridgehead atoms. The summed E-state index contributed by atoms with van der Waals surface area (Å²) in [7, 11) is 0. The van der Waals surface area contributed by atoms with E-state index in [9.17, 15) is 4.79 Å². The Balaban J connectivity index is 2.25. The van der Waals surface area contributed by atoms with E-state index in [2.05, 4.69) is 13.8 Å². The summed E-state index contributed by atoms with van der Waals surface area (Å²) in [5.74, 6) is 0. The topological polar surface area (TPSA) is 55.0 Å². The lowest BCUT2D eigenvalue weighted by Gasteiger charge is -2.20. The standard InChI is InChI=1S/C14H18N2O2/c1-10-4-5-11(8-15)13(17)16(10)9-12-6-7-14(2,3)18-12/h4-5,12H,6-7,9H2,1-3H3. The van der Waals surface area contributed by atoms with Crippen LogP contribution in [0.3, 0.4) is 0 Å². The molecule has 0 radical (unpaired) electrons. The third-order valence-electron chi connectivity index (χ3n) is 3.45. The Morgan fingerprint density at radius 2 is 2.28 bits per heavy atom. The zero-order chi connectivity index (χ0) is 13.3. The van der Waals surface area contributed by atoms with Gasteiger partial charge >= 0.3 is 0 Å². The van der Waals surface area contributed by atoms with Crippen molar-refractivity contribution < 1.29 is 4.74 Å². The summed E-state index contributed by atoms with van der Waals surface area (Å²) in [6, 6.07) is 5.31. The Bertz CT molecular complexity index is 552. The number of aromatic nitrogens is 1. The normalized spacial score (nSPS) is 21.8. The molecule has 1 aliphatic rings. The molecule has 1 atom stereocenters. The molecule has 1 aromatic rings. The summed E-state index contributed by atoms with van der Waals surface area (Å²) in [5.41, 5.74) is 0.741. The summed E-state index contributed by atoms with van der Waals surface area (Å²) in [6.45, 7) is 6.54. The van der Waals surface area contributed by atoms with Crippen LogP contribution >= 0.6 is 0 Å². The Hall–Kier alpha value is -1.60. The molecular formula is C14H18N2O2. The quantitative estimate of drug-likeness (QED) is 0.801. The molecule has 96 valence electrons. The van der Waals surface area contributed by atoms with Gasteiger partial charge in [0.15, 0.2) is 0 Å². The van der Waals surface area contributed by atoms with Gasteiger partial charge in [-0.15, -0.1) is 0 Å². The minimum absolute atomic E-state index is 0.0605. The molecule has 1 aromatic heterocycles. The van der Waals surface area contributed by atoms with Gasteiger partial charge in [-0.1, -0.05) is 0 Å². The summed E-state index contributed by atoms with van der Waals surface area (Å²) < 4.78 is 7.54. The highest BCUT2D eigenvalue weighted by molar-refractivity contribution is 5.27. The van der Waals surface area contributed by atoms with Crippen molar-refractivity contribution in [2.45, 2.75) is 51.9 Å². The lowest BCUT2D eigenvalue weighted by molar-refractivity contribution is -0.0222. The molecule has 2 rings (SSSR count). The summed E-state index contributed by atoms with van der Waals surface area (Å²) >= 11 is 0.